The molecule has 25 heavy (non-hydrogen) atoms. The van der Waals surface area contributed by atoms with Crippen molar-refractivity contribution in [2.45, 2.75) is 19.9 Å². The molecule has 134 valence electrons. The van der Waals surface area contributed by atoms with Gasteiger partial charge in [0, 0.05) is 19.0 Å². The van der Waals surface area contributed by atoms with E-state index in [9.17, 15) is 18.0 Å². The minimum Gasteiger partial charge on any atom is -0.467 e. The molecule has 1 heterocycles. The molecule has 1 aromatic carbocycles. The van der Waals surface area contributed by atoms with Crippen molar-refractivity contribution in [3.05, 3.63) is 48.4 Å². The minimum atomic E-state index is -3.69. The number of carbonyl (C=O) groups excluding carboxylic acids is 2. The van der Waals surface area contributed by atoms with Gasteiger partial charge in [0.2, 0.25) is 21.8 Å². The van der Waals surface area contributed by atoms with Gasteiger partial charge in [0.1, 0.15) is 5.76 Å². The lowest BCUT2D eigenvalue weighted by atomic mass is 10.3. The van der Waals surface area contributed by atoms with E-state index in [4.69, 9.17) is 4.42 Å². The summed E-state index contributed by atoms with van der Waals surface area (Å²) in [6.45, 7) is 1.57. The summed E-state index contributed by atoms with van der Waals surface area (Å²) >= 11 is 0. The van der Waals surface area contributed by atoms with E-state index in [0.29, 0.717) is 17.1 Å². The first kappa shape index (κ1) is 18.5. The largest absolute Gasteiger partial charge is 0.467 e. The molecule has 0 unspecified atom stereocenters. The maximum Gasteiger partial charge on any atom is 0.233 e. The van der Waals surface area contributed by atoms with Gasteiger partial charge in [-0.3, -0.25) is 14.3 Å². The van der Waals surface area contributed by atoms with E-state index >= 15 is 0 Å². The molecule has 2 rings (SSSR count). The van der Waals surface area contributed by atoms with Gasteiger partial charge in [-0.15, -0.1) is 0 Å². The molecule has 8 nitrogen and oxygen atoms in total. The number of furan rings is 1. The van der Waals surface area contributed by atoms with Crippen molar-refractivity contribution in [1.29, 1.82) is 0 Å². The van der Waals surface area contributed by atoms with Crippen molar-refractivity contribution < 1.29 is 22.4 Å². The van der Waals surface area contributed by atoms with Gasteiger partial charge in [-0.05, 0) is 30.3 Å². The number of amides is 2. The molecule has 0 aliphatic rings. The predicted molar refractivity (Wildman–Crippen MR) is 93.3 cm³/mol. The summed E-state index contributed by atoms with van der Waals surface area (Å²) in [7, 11) is -3.69. The van der Waals surface area contributed by atoms with E-state index in [-0.39, 0.29) is 24.6 Å². The lowest BCUT2D eigenvalue weighted by molar-refractivity contribution is -0.121. The molecule has 0 saturated carbocycles. The Morgan fingerprint density at radius 1 is 1.12 bits per heavy atom. The van der Waals surface area contributed by atoms with Crippen molar-refractivity contribution in [2.75, 3.05) is 15.8 Å². The lowest BCUT2D eigenvalue weighted by Gasteiger charge is -2.10. The molecule has 0 saturated heterocycles. The Hall–Kier alpha value is -2.81. The topological polar surface area (TPSA) is 118 Å². The number of hydrogen-bond donors (Lipinski definition) is 3. The summed E-state index contributed by atoms with van der Waals surface area (Å²) in [5.74, 6) is -0.424. The zero-order chi connectivity index (χ0) is 18.3. The van der Waals surface area contributed by atoms with Crippen LogP contribution >= 0.6 is 0 Å². The number of anilines is 2. The molecule has 3 N–H and O–H groups in total. The van der Waals surface area contributed by atoms with Crippen LogP contribution in [0.2, 0.25) is 0 Å². The van der Waals surface area contributed by atoms with Gasteiger partial charge >= 0.3 is 0 Å². The number of carbonyl (C=O) groups is 2. The van der Waals surface area contributed by atoms with Crippen LogP contribution in [0.4, 0.5) is 11.4 Å². The van der Waals surface area contributed by atoms with E-state index in [1.807, 2.05) is 0 Å². The molecule has 0 aliphatic heterocycles. The quantitative estimate of drug-likeness (QED) is 0.658. The molecule has 0 aliphatic carbocycles. The lowest BCUT2D eigenvalue weighted by Crippen LogP contribution is -2.27. The molecule has 0 radical (unpaired) electrons. The first-order valence-electron chi connectivity index (χ1n) is 7.51. The SMILES string of the molecule is CC(=O)Nc1cccc(NS(=O)(=O)CCC(=O)NCc2ccco2)c1. The summed E-state index contributed by atoms with van der Waals surface area (Å²) in [5.41, 5.74) is 0.783. The highest BCUT2D eigenvalue weighted by Crippen LogP contribution is 2.16. The summed E-state index contributed by atoms with van der Waals surface area (Å²) in [6, 6.07) is 9.71. The van der Waals surface area contributed by atoms with Gasteiger partial charge in [-0.1, -0.05) is 6.07 Å². The standard InChI is InChI=1S/C16H19N3O5S/c1-12(20)18-13-4-2-5-14(10-13)19-25(22,23)9-7-16(21)17-11-15-6-3-8-24-15/h2-6,8,10,19H,7,9,11H2,1H3,(H,17,21)(H,18,20). The Balaban J connectivity index is 1.84. The van der Waals surface area contributed by atoms with Gasteiger partial charge in [0.15, 0.2) is 0 Å². The molecule has 0 fully saturated rings. The monoisotopic (exact) mass is 365 g/mol. The van der Waals surface area contributed by atoms with Crippen LogP contribution in [0.25, 0.3) is 0 Å². The minimum absolute atomic E-state index is 0.179. The molecule has 0 atom stereocenters. The van der Waals surface area contributed by atoms with Gasteiger partial charge in [0.05, 0.1) is 24.2 Å². The summed E-state index contributed by atoms with van der Waals surface area (Å²) in [6.07, 6.45) is 1.31. The first-order chi connectivity index (χ1) is 11.8. The molecule has 9 heteroatoms. The third-order valence-electron chi connectivity index (χ3n) is 3.09. The van der Waals surface area contributed by atoms with E-state index in [1.165, 1.54) is 19.3 Å². The van der Waals surface area contributed by atoms with Crippen molar-refractivity contribution in [2.24, 2.45) is 0 Å². The fourth-order valence-corrected chi connectivity index (χ4v) is 3.05. The van der Waals surface area contributed by atoms with Crippen LogP contribution in [0.5, 0.6) is 0 Å². The maximum atomic E-state index is 12.1. The summed E-state index contributed by atoms with van der Waals surface area (Å²) < 4.78 is 31.6. The Kier molecular flexibility index (Phi) is 6.18. The zero-order valence-electron chi connectivity index (χ0n) is 13.6. The van der Waals surface area contributed by atoms with Crippen LogP contribution in [0, 0.1) is 0 Å². The first-order valence-corrected chi connectivity index (χ1v) is 9.16. The molecule has 0 spiro atoms. The van der Waals surface area contributed by atoms with E-state index < -0.39 is 15.9 Å². The smallest absolute Gasteiger partial charge is 0.233 e. The Morgan fingerprint density at radius 2 is 1.88 bits per heavy atom. The van der Waals surface area contributed by atoms with Crippen LogP contribution in [0.1, 0.15) is 19.1 Å². The van der Waals surface area contributed by atoms with Gasteiger partial charge in [0.25, 0.3) is 0 Å². The predicted octanol–water partition coefficient (Wildman–Crippen LogP) is 1.69. The third-order valence-corrected chi connectivity index (χ3v) is 4.38. The van der Waals surface area contributed by atoms with Gasteiger partial charge < -0.3 is 15.1 Å². The fourth-order valence-electron chi connectivity index (χ4n) is 2.01. The fraction of sp³-hybridized carbons (Fsp3) is 0.250. The highest BCUT2D eigenvalue weighted by molar-refractivity contribution is 7.92. The van der Waals surface area contributed by atoms with Crippen LogP contribution in [-0.4, -0.2) is 26.0 Å². The van der Waals surface area contributed by atoms with Crippen molar-refractivity contribution in [1.82, 2.24) is 5.32 Å². The third kappa shape index (κ3) is 6.68. The van der Waals surface area contributed by atoms with E-state index in [2.05, 4.69) is 15.4 Å². The number of sulfonamides is 1. The number of rotatable bonds is 8. The molecule has 2 amide bonds. The van der Waals surface area contributed by atoms with E-state index in [1.54, 1.807) is 30.3 Å². The van der Waals surface area contributed by atoms with Crippen molar-refractivity contribution >= 4 is 33.2 Å². The second-order valence-electron chi connectivity index (χ2n) is 5.29. The number of benzene rings is 1. The van der Waals surface area contributed by atoms with Gasteiger partial charge in [-0.25, -0.2) is 8.42 Å². The average Bonchev–Trinajstić information content (AvgIpc) is 3.04. The Morgan fingerprint density at radius 3 is 2.56 bits per heavy atom. The summed E-state index contributed by atoms with van der Waals surface area (Å²) in [4.78, 5) is 22.8. The van der Waals surface area contributed by atoms with Crippen LogP contribution in [0.3, 0.4) is 0 Å². The van der Waals surface area contributed by atoms with Crippen molar-refractivity contribution in [3.8, 4) is 0 Å². The van der Waals surface area contributed by atoms with E-state index in [0.717, 1.165) is 0 Å². The number of nitrogens with one attached hydrogen (secondary N) is 3. The average molecular weight is 365 g/mol. The molecule has 1 aromatic heterocycles. The summed E-state index contributed by atoms with van der Waals surface area (Å²) in [5, 5.41) is 5.14. The molecular formula is C16H19N3O5S. The van der Waals surface area contributed by atoms with Crippen LogP contribution in [-0.2, 0) is 26.2 Å². The highest BCUT2D eigenvalue weighted by atomic mass is 32.2. The van der Waals surface area contributed by atoms with Gasteiger partial charge in [-0.2, -0.15) is 0 Å². The van der Waals surface area contributed by atoms with Crippen LogP contribution in [0.15, 0.2) is 47.1 Å². The number of hydrogen-bond acceptors (Lipinski definition) is 5. The molecular weight excluding hydrogens is 346 g/mol. The maximum absolute atomic E-state index is 12.1. The van der Waals surface area contributed by atoms with Crippen molar-refractivity contribution in [3.63, 3.8) is 0 Å². The Bertz CT molecular complexity index is 831. The normalized spacial score (nSPS) is 10.9. The second-order valence-corrected chi connectivity index (χ2v) is 7.13. The highest BCUT2D eigenvalue weighted by Gasteiger charge is 2.14. The Labute approximate surface area is 145 Å². The zero-order valence-corrected chi connectivity index (χ0v) is 14.4. The molecule has 2 aromatic rings. The van der Waals surface area contributed by atoms with Crippen LogP contribution < -0.4 is 15.4 Å². The molecule has 0 bridgehead atoms. The second kappa shape index (κ2) is 8.34.